The monoisotopic (exact) mass is 494 g/mol. The number of hydrogen-bond acceptors (Lipinski definition) is 7. The SMILES string of the molecule is C=CC(=O)OCCCCCCOc1ccc(/C=C/c2ccc(OCCOC(=O)C(=C)CO)cc2)cc1. The number of aliphatic hydroxyl groups is 1. The summed E-state index contributed by atoms with van der Waals surface area (Å²) < 4.78 is 21.2. The summed E-state index contributed by atoms with van der Waals surface area (Å²) in [6.45, 7) is 7.71. The largest absolute Gasteiger partial charge is 0.494 e. The van der Waals surface area contributed by atoms with E-state index in [0.29, 0.717) is 19.0 Å². The summed E-state index contributed by atoms with van der Waals surface area (Å²) in [5.74, 6) is 0.501. The van der Waals surface area contributed by atoms with Crippen LogP contribution in [0.4, 0.5) is 0 Å². The number of carbonyl (C=O) groups excluding carboxylic acids is 2. The molecule has 0 amide bonds. The van der Waals surface area contributed by atoms with E-state index in [9.17, 15) is 9.59 Å². The van der Waals surface area contributed by atoms with Crippen LogP contribution in [-0.4, -0.2) is 50.1 Å². The number of aliphatic hydroxyl groups excluding tert-OH is 1. The normalized spacial score (nSPS) is 10.6. The van der Waals surface area contributed by atoms with Gasteiger partial charge in [-0.05, 0) is 61.1 Å². The molecule has 0 aliphatic carbocycles. The van der Waals surface area contributed by atoms with Gasteiger partial charge in [-0.2, -0.15) is 0 Å². The predicted molar refractivity (Wildman–Crippen MR) is 140 cm³/mol. The van der Waals surface area contributed by atoms with Crippen LogP contribution in [0.2, 0.25) is 0 Å². The van der Waals surface area contributed by atoms with Gasteiger partial charge in [0.1, 0.15) is 24.7 Å². The summed E-state index contributed by atoms with van der Waals surface area (Å²) in [5, 5.41) is 8.82. The predicted octanol–water partition coefficient (Wildman–Crippen LogP) is 5.00. The van der Waals surface area contributed by atoms with Crippen molar-refractivity contribution in [3.63, 3.8) is 0 Å². The molecule has 192 valence electrons. The quantitative estimate of drug-likeness (QED) is 0.143. The van der Waals surface area contributed by atoms with Crippen LogP contribution < -0.4 is 9.47 Å². The van der Waals surface area contributed by atoms with Gasteiger partial charge in [-0.15, -0.1) is 0 Å². The van der Waals surface area contributed by atoms with Gasteiger partial charge in [0.05, 0.1) is 25.4 Å². The van der Waals surface area contributed by atoms with E-state index in [2.05, 4.69) is 13.2 Å². The zero-order valence-electron chi connectivity index (χ0n) is 20.5. The topological polar surface area (TPSA) is 91.3 Å². The van der Waals surface area contributed by atoms with Crippen molar-refractivity contribution in [1.82, 2.24) is 0 Å². The van der Waals surface area contributed by atoms with Crippen molar-refractivity contribution in [1.29, 1.82) is 0 Å². The van der Waals surface area contributed by atoms with E-state index in [1.165, 1.54) is 6.08 Å². The molecule has 1 N–H and O–H groups in total. The molecule has 0 atom stereocenters. The van der Waals surface area contributed by atoms with Gasteiger partial charge in [-0.3, -0.25) is 0 Å². The maximum absolute atomic E-state index is 11.4. The summed E-state index contributed by atoms with van der Waals surface area (Å²) in [4.78, 5) is 22.3. The molecule has 0 aliphatic heterocycles. The van der Waals surface area contributed by atoms with Crippen molar-refractivity contribution >= 4 is 24.1 Å². The molecule has 7 heteroatoms. The molecule has 7 nitrogen and oxygen atoms in total. The first-order chi connectivity index (χ1) is 17.5. The average molecular weight is 495 g/mol. The van der Waals surface area contributed by atoms with Gasteiger partial charge in [0.15, 0.2) is 0 Å². The van der Waals surface area contributed by atoms with Gasteiger partial charge in [0.25, 0.3) is 0 Å². The summed E-state index contributed by atoms with van der Waals surface area (Å²) >= 11 is 0. The molecule has 0 radical (unpaired) electrons. The Bertz CT molecular complexity index is 991. The molecule has 2 aromatic carbocycles. The summed E-state index contributed by atoms with van der Waals surface area (Å²) in [7, 11) is 0. The number of unbranched alkanes of at least 4 members (excludes halogenated alkanes) is 3. The standard InChI is InChI=1S/C29H34O7/c1-3-28(31)35-19-7-5-4-6-18-33-26-14-10-24(11-15-26)8-9-25-12-16-27(17-13-25)34-20-21-36-29(32)23(2)22-30/h3,8-17,30H,1-2,4-7,18-22H2/b9-8+. The second-order valence-corrected chi connectivity index (χ2v) is 7.85. The van der Waals surface area contributed by atoms with Gasteiger partial charge in [-0.25, -0.2) is 9.59 Å². The highest BCUT2D eigenvalue weighted by Gasteiger charge is 2.06. The van der Waals surface area contributed by atoms with Crippen LogP contribution >= 0.6 is 0 Å². The van der Waals surface area contributed by atoms with Gasteiger partial charge < -0.3 is 24.1 Å². The number of ether oxygens (including phenoxy) is 4. The Labute approximate surface area is 212 Å². The fourth-order valence-electron chi connectivity index (χ4n) is 2.98. The van der Waals surface area contributed by atoms with E-state index in [0.717, 1.165) is 42.6 Å². The number of benzene rings is 2. The highest BCUT2D eigenvalue weighted by atomic mass is 16.6. The Morgan fingerprint density at radius 2 is 1.25 bits per heavy atom. The third-order valence-corrected chi connectivity index (χ3v) is 5.01. The molecule has 2 rings (SSSR count). The van der Waals surface area contributed by atoms with Crippen molar-refractivity contribution in [2.24, 2.45) is 0 Å². The van der Waals surface area contributed by atoms with Gasteiger partial charge >= 0.3 is 11.9 Å². The average Bonchev–Trinajstić information content (AvgIpc) is 2.91. The Hall–Kier alpha value is -3.84. The number of rotatable bonds is 17. The van der Waals surface area contributed by atoms with Gasteiger partial charge in [-0.1, -0.05) is 49.6 Å². The Kier molecular flexibility index (Phi) is 13.2. The van der Waals surface area contributed by atoms with E-state index < -0.39 is 12.6 Å². The van der Waals surface area contributed by atoms with Crippen LogP contribution in [0.15, 0.2) is 73.3 Å². The molecule has 0 saturated heterocycles. The molecule has 0 unspecified atom stereocenters. The van der Waals surface area contributed by atoms with Crippen molar-refractivity contribution in [3.8, 4) is 11.5 Å². The fraction of sp³-hybridized carbons (Fsp3) is 0.310. The third-order valence-electron chi connectivity index (χ3n) is 5.01. The van der Waals surface area contributed by atoms with E-state index in [4.69, 9.17) is 24.1 Å². The molecule has 0 aromatic heterocycles. The van der Waals surface area contributed by atoms with E-state index in [1.54, 1.807) is 0 Å². The smallest absolute Gasteiger partial charge is 0.335 e. The van der Waals surface area contributed by atoms with Crippen molar-refractivity contribution in [2.45, 2.75) is 25.7 Å². The lowest BCUT2D eigenvalue weighted by molar-refractivity contribution is -0.140. The van der Waals surface area contributed by atoms with Crippen molar-refractivity contribution < 1.29 is 33.6 Å². The molecule has 0 aliphatic rings. The van der Waals surface area contributed by atoms with Crippen LogP contribution in [0.3, 0.4) is 0 Å². The van der Waals surface area contributed by atoms with Crippen LogP contribution in [-0.2, 0) is 19.1 Å². The summed E-state index contributed by atoms with van der Waals surface area (Å²) in [6, 6.07) is 15.5. The van der Waals surface area contributed by atoms with E-state index in [-0.39, 0.29) is 24.8 Å². The minimum Gasteiger partial charge on any atom is -0.494 e. The van der Waals surface area contributed by atoms with Crippen molar-refractivity contribution in [2.75, 3.05) is 33.0 Å². The van der Waals surface area contributed by atoms with Crippen LogP contribution in [0, 0.1) is 0 Å². The molecular formula is C29H34O7. The second-order valence-electron chi connectivity index (χ2n) is 7.85. The lowest BCUT2D eigenvalue weighted by Gasteiger charge is -2.08. The van der Waals surface area contributed by atoms with E-state index >= 15 is 0 Å². The molecule has 0 spiro atoms. The van der Waals surface area contributed by atoms with Gasteiger partial charge in [0.2, 0.25) is 0 Å². The van der Waals surface area contributed by atoms with Crippen LogP contribution in [0.1, 0.15) is 36.8 Å². The first-order valence-electron chi connectivity index (χ1n) is 11.9. The van der Waals surface area contributed by atoms with E-state index in [1.807, 2.05) is 60.7 Å². The molecule has 0 fully saturated rings. The highest BCUT2D eigenvalue weighted by Crippen LogP contribution is 2.17. The second kappa shape index (κ2) is 16.7. The fourth-order valence-corrected chi connectivity index (χ4v) is 2.98. The molecule has 0 heterocycles. The van der Waals surface area contributed by atoms with Crippen molar-refractivity contribution in [3.05, 3.63) is 84.5 Å². The minimum atomic E-state index is -0.626. The molecule has 2 aromatic rings. The Morgan fingerprint density at radius 3 is 1.78 bits per heavy atom. The first kappa shape index (κ1) is 28.4. The summed E-state index contributed by atoms with van der Waals surface area (Å²) in [5.41, 5.74) is 2.10. The number of carbonyl (C=O) groups is 2. The minimum absolute atomic E-state index is 0.0160. The Morgan fingerprint density at radius 1 is 0.722 bits per heavy atom. The maximum Gasteiger partial charge on any atom is 0.335 e. The van der Waals surface area contributed by atoms with Crippen LogP contribution in [0.25, 0.3) is 12.2 Å². The Balaban J connectivity index is 1.63. The zero-order chi connectivity index (χ0) is 26.0. The maximum atomic E-state index is 11.4. The molecular weight excluding hydrogens is 460 g/mol. The molecule has 36 heavy (non-hydrogen) atoms. The first-order valence-corrected chi connectivity index (χ1v) is 11.9. The molecule has 0 bridgehead atoms. The third kappa shape index (κ3) is 11.5. The van der Waals surface area contributed by atoms with Crippen LogP contribution in [0.5, 0.6) is 11.5 Å². The zero-order valence-corrected chi connectivity index (χ0v) is 20.5. The highest BCUT2D eigenvalue weighted by molar-refractivity contribution is 5.87. The molecule has 0 saturated carbocycles. The lowest BCUT2D eigenvalue weighted by atomic mass is 10.1. The number of hydrogen-bond donors (Lipinski definition) is 1. The lowest BCUT2D eigenvalue weighted by Crippen LogP contribution is -2.14. The van der Waals surface area contributed by atoms with Gasteiger partial charge in [0, 0.05) is 6.08 Å². The number of esters is 2. The summed E-state index contributed by atoms with van der Waals surface area (Å²) in [6.07, 6.45) is 9.00.